The Hall–Kier alpha value is -0.850. The molecule has 0 unspecified atom stereocenters. The molecule has 0 saturated carbocycles. The number of rotatable bonds is 1. The molecule has 0 aliphatic carbocycles. The van der Waals surface area contributed by atoms with E-state index >= 15 is 0 Å². The van der Waals surface area contributed by atoms with Crippen LogP contribution in [-0.2, 0) is 0 Å². The molecule has 64 valence electrons. The van der Waals surface area contributed by atoms with Crippen LogP contribution in [0.1, 0.15) is 0 Å². The van der Waals surface area contributed by atoms with Gasteiger partial charge in [-0.2, -0.15) is 0 Å². The van der Waals surface area contributed by atoms with Crippen molar-refractivity contribution < 1.29 is 14.3 Å². The van der Waals surface area contributed by atoms with Gasteiger partial charge in [0.05, 0.1) is 5.69 Å². The number of carbonyl (C=O) groups is 1. The van der Waals surface area contributed by atoms with Gasteiger partial charge in [0.1, 0.15) is 5.82 Å². The molecule has 0 aliphatic rings. The second kappa shape index (κ2) is 3.70. The van der Waals surface area contributed by atoms with Crippen LogP contribution in [0.2, 0.25) is 0 Å². The molecular weight excluding hydrogens is 276 g/mol. The summed E-state index contributed by atoms with van der Waals surface area (Å²) in [6, 6.07) is 4.34. The van der Waals surface area contributed by atoms with Crippen LogP contribution in [0, 0.1) is 9.39 Å². The van der Waals surface area contributed by atoms with Crippen LogP contribution in [0.15, 0.2) is 18.2 Å². The summed E-state index contributed by atoms with van der Waals surface area (Å²) < 4.78 is 13.4. The van der Waals surface area contributed by atoms with Crippen molar-refractivity contribution in [2.24, 2.45) is 0 Å². The molecule has 3 nitrogen and oxygen atoms in total. The maximum atomic E-state index is 12.9. The molecule has 0 bridgehead atoms. The summed E-state index contributed by atoms with van der Waals surface area (Å²) in [5.74, 6) is -0.565. The van der Waals surface area contributed by atoms with E-state index in [4.69, 9.17) is 5.11 Å². The van der Waals surface area contributed by atoms with E-state index in [9.17, 15) is 9.18 Å². The highest BCUT2D eigenvalue weighted by molar-refractivity contribution is 14.1. The van der Waals surface area contributed by atoms with Gasteiger partial charge in [-0.3, -0.25) is 5.32 Å². The molecule has 1 rings (SSSR count). The fourth-order valence-corrected chi connectivity index (χ4v) is 1.32. The van der Waals surface area contributed by atoms with Gasteiger partial charge in [-0.05, 0) is 34.7 Å². The van der Waals surface area contributed by atoms with Gasteiger partial charge < -0.3 is 5.11 Å². The smallest absolute Gasteiger partial charge is 0.409 e. The lowest BCUT2D eigenvalue weighted by atomic mass is 10.3. The highest BCUT2D eigenvalue weighted by Gasteiger charge is 2.07. The summed E-state index contributed by atoms with van der Waals surface area (Å²) >= 11 is 1.85. The zero-order chi connectivity index (χ0) is 9.14. The van der Waals surface area contributed by atoms with Gasteiger partial charge in [0.15, 0.2) is 0 Å². The van der Waals surface area contributed by atoms with Crippen LogP contribution in [-0.4, -0.2) is 11.2 Å². The monoisotopic (exact) mass is 281 g/mol. The molecule has 2 N–H and O–H groups in total. The van der Waals surface area contributed by atoms with Crippen LogP contribution in [0.25, 0.3) is 0 Å². The van der Waals surface area contributed by atoms with Crippen LogP contribution in [0.5, 0.6) is 0 Å². The number of carboxylic acid groups (broad SMARTS) is 1. The largest absolute Gasteiger partial charge is 0.465 e. The van der Waals surface area contributed by atoms with E-state index in [-0.39, 0.29) is 5.69 Å². The lowest BCUT2D eigenvalue weighted by molar-refractivity contribution is 0.209. The predicted molar refractivity (Wildman–Crippen MR) is 50.8 cm³/mol. The fourth-order valence-electron chi connectivity index (χ4n) is 0.724. The van der Waals surface area contributed by atoms with Crippen molar-refractivity contribution >= 4 is 34.4 Å². The van der Waals surface area contributed by atoms with Gasteiger partial charge >= 0.3 is 6.09 Å². The number of halogens is 2. The highest BCUT2D eigenvalue weighted by Crippen LogP contribution is 2.20. The Kier molecular flexibility index (Phi) is 2.85. The summed E-state index contributed by atoms with van der Waals surface area (Å²) in [4.78, 5) is 10.2. The number of hydrogen-bond donors (Lipinski definition) is 2. The molecule has 1 aromatic carbocycles. The topological polar surface area (TPSA) is 49.3 Å². The van der Waals surface area contributed by atoms with Crippen molar-refractivity contribution in [3.63, 3.8) is 0 Å². The molecule has 0 aromatic heterocycles. The van der Waals surface area contributed by atoms with Crippen LogP contribution < -0.4 is 5.32 Å². The van der Waals surface area contributed by atoms with E-state index in [0.29, 0.717) is 3.57 Å². The van der Waals surface area contributed by atoms with Gasteiger partial charge in [0.2, 0.25) is 0 Å². The standard InChI is InChI=1S/C7H5FINO2/c8-4-2-1-3-5(9)6(4)10-7(11)12/h1-3,10H,(H,11,12). The maximum absolute atomic E-state index is 12.9. The number of para-hydroxylation sites is 1. The van der Waals surface area contributed by atoms with Crippen molar-refractivity contribution in [1.82, 2.24) is 0 Å². The molecule has 1 aromatic rings. The van der Waals surface area contributed by atoms with Crippen LogP contribution >= 0.6 is 22.6 Å². The Morgan fingerprint density at radius 2 is 2.25 bits per heavy atom. The van der Waals surface area contributed by atoms with Gasteiger partial charge in [-0.15, -0.1) is 0 Å². The third-order valence-corrected chi connectivity index (χ3v) is 2.09. The van der Waals surface area contributed by atoms with Gasteiger partial charge in [0.25, 0.3) is 0 Å². The maximum Gasteiger partial charge on any atom is 0.409 e. The summed E-state index contributed by atoms with van der Waals surface area (Å²) in [6.45, 7) is 0. The Labute approximate surface area is 81.7 Å². The lowest BCUT2D eigenvalue weighted by Crippen LogP contribution is -2.10. The minimum absolute atomic E-state index is 0.00519. The molecule has 0 fully saturated rings. The van der Waals surface area contributed by atoms with E-state index in [1.54, 1.807) is 6.07 Å². The molecule has 0 saturated heterocycles. The molecule has 1 amide bonds. The van der Waals surface area contributed by atoms with Crippen molar-refractivity contribution in [3.8, 4) is 0 Å². The SMILES string of the molecule is O=C(O)Nc1c(F)cccc1I. The first-order valence-electron chi connectivity index (χ1n) is 3.05. The third kappa shape index (κ3) is 2.07. The lowest BCUT2D eigenvalue weighted by Gasteiger charge is -2.03. The van der Waals surface area contributed by atoms with Gasteiger partial charge in [-0.1, -0.05) is 6.07 Å². The summed E-state index contributed by atoms with van der Waals surface area (Å²) in [5, 5.41) is 10.3. The van der Waals surface area contributed by atoms with E-state index in [2.05, 4.69) is 0 Å². The quantitative estimate of drug-likeness (QED) is 0.777. The molecular formula is C7H5FINO2. The number of benzene rings is 1. The first-order valence-corrected chi connectivity index (χ1v) is 4.13. The average Bonchev–Trinajstić information content (AvgIpc) is 1.97. The Bertz CT molecular complexity index is 296. The van der Waals surface area contributed by atoms with Crippen molar-refractivity contribution in [2.75, 3.05) is 5.32 Å². The number of nitrogens with one attached hydrogen (secondary N) is 1. The number of anilines is 1. The number of hydrogen-bond acceptors (Lipinski definition) is 1. The Balaban J connectivity index is 3.04. The highest BCUT2D eigenvalue weighted by atomic mass is 127. The van der Waals surface area contributed by atoms with Crippen LogP contribution in [0.4, 0.5) is 14.9 Å². The third-order valence-electron chi connectivity index (χ3n) is 1.19. The zero-order valence-corrected chi connectivity index (χ0v) is 8.00. The Morgan fingerprint density at radius 3 is 2.75 bits per heavy atom. The minimum atomic E-state index is -1.27. The van der Waals surface area contributed by atoms with Crippen molar-refractivity contribution in [3.05, 3.63) is 27.6 Å². The zero-order valence-electron chi connectivity index (χ0n) is 5.84. The summed E-state index contributed by atoms with van der Waals surface area (Å²) in [7, 11) is 0. The molecule has 0 spiro atoms. The second-order valence-electron chi connectivity index (χ2n) is 2.03. The molecule has 0 radical (unpaired) electrons. The van der Waals surface area contributed by atoms with Gasteiger partial charge in [-0.25, -0.2) is 9.18 Å². The second-order valence-corrected chi connectivity index (χ2v) is 3.19. The fraction of sp³-hybridized carbons (Fsp3) is 0. The van der Waals surface area contributed by atoms with Gasteiger partial charge in [0, 0.05) is 3.57 Å². The average molecular weight is 281 g/mol. The van der Waals surface area contributed by atoms with Crippen molar-refractivity contribution in [1.29, 1.82) is 0 Å². The normalized spacial score (nSPS) is 9.50. The molecule has 0 atom stereocenters. The Morgan fingerprint density at radius 1 is 1.58 bits per heavy atom. The number of amides is 1. The summed E-state index contributed by atoms with van der Waals surface area (Å²) in [6.07, 6.45) is -1.27. The molecule has 0 aliphatic heterocycles. The first-order chi connectivity index (χ1) is 5.61. The first kappa shape index (κ1) is 9.24. The molecule has 12 heavy (non-hydrogen) atoms. The van der Waals surface area contributed by atoms with Crippen LogP contribution in [0.3, 0.4) is 0 Å². The molecule has 5 heteroatoms. The molecule has 0 heterocycles. The van der Waals surface area contributed by atoms with E-state index in [1.807, 2.05) is 27.9 Å². The van der Waals surface area contributed by atoms with E-state index < -0.39 is 11.9 Å². The van der Waals surface area contributed by atoms with E-state index in [1.165, 1.54) is 12.1 Å². The van der Waals surface area contributed by atoms with E-state index in [0.717, 1.165) is 0 Å². The van der Waals surface area contributed by atoms with Crippen molar-refractivity contribution in [2.45, 2.75) is 0 Å². The summed E-state index contributed by atoms with van der Waals surface area (Å²) in [5.41, 5.74) is 0.00519. The predicted octanol–water partition coefficient (Wildman–Crippen LogP) is 2.52. The minimum Gasteiger partial charge on any atom is -0.465 e.